The van der Waals surface area contributed by atoms with Crippen LogP contribution in [0.25, 0.3) is 0 Å². The van der Waals surface area contributed by atoms with E-state index in [1.807, 2.05) is 23.1 Å². The van der Waals surface area contributed by atoms with Crippen LogP contribution in [0.1, 0.15) is 31.2 Å². The van der Waals surface area contributed by atoms with Crippen molar-refractivity contribution < 1.29 is 14.3 Å². The molecule has 3 rings (SSSR count). The molecule has 0 saturated carbocycles. The average Bonchev–Trinajstić information content (AvgIpc) is 2.88. The zero-order valence-corrected chi connectivity index (χ0v) is 13.3. The van der Waals surface area contributed by atoms with Crippen molar-refractivity contribution in [3.8, 4) is 17.6 Å². The number of benzene rings is 1. The van der Waals surface area contributed by atoms with E-state index in [2.05, 4.69) is 6.07 Å². The van der Waals surface area contributed by atoms with Gasteiger partial charge in [0, 0.05) is 13.1 Å². The van der Waals surface area contributed by atoms with Crippen LogP contribution in [0.4, 0.5) is 0 Å². The Hall–Kier alpha value is -2.22. The molecular weight excluding hydrogens is 292 g/mol. The molecule has 2 heterocycles. The summed E-state index contributed by atoms with van der Waals surface area (Å²) in [7, 11) is 0. The Bertz CT molecular complexity index is 601. The number of amides is 1. The first-order chi connectivity index (χ1) is 11.3. The molecule has 1 unspecified atom stereocenters. The van der Waals surface area contributed by atoms with Gasteiger partial charge in [-0.15, -0.1) is 0 Å². The smallest absolute Gasteiger partial charge is 0.240 e. The van der Waals surface area contributed by atoms with Gasteiger partial charge in [0.25, 0.3) is 0 Å². The van der Waals surface area contributed by atoms with E-state index < -0.39 is 5.92 Å². The molecule has 23 heavy (non-hydrogen) atoms. The fourth-order valence-corrected chi connectivity index (χ4v) is 3.15. The third-order valence-electron chi connectivity index (χ3n) is 4.42. The summed E-state index contributed by atoms with van der Waals surface area (Å²) in [5.41, 5.74) is 0.934. The van der Waals surface area contributed by atoms with Crippen molar-refractivity contribution in [3.05, 3.63) is 23.8 Å². The molecule has 0 N–H and O–H groups in total. The van der Waals surface area contributed by atoms with Gasteiger partial charge < -0.3 is 14.4 Å². The van der Waals surface area contributed by atoms with Gasteiger partial charge in [-0.3, -0.25) is 4.79 Å². The van der Waals surface area contributed by atoms with Gasteiger partial charge in [0.1, 0.15) is 19.1 Å². The number of nitriles is 1. The van der Waals surface area contributed by atoms with Gasteiger partial charge in [-0.2, -0.15) is 5.26 Å². The number of carbonyl (C=O) groups excluding carboxylic acids is 1. The van der Waals surface area contributed by atoms with Crippen LogP contribution in [0.5, 0.6) is 11.5 Å². The van der Waals surface area contributed by atoms with Gasteiger partial charge in [0.15, 0.2) is 11.5 Å². The number of likely N-dealkylation sites (tertiary alicyclic amines) is 1. The normalized spacial score (nSPS) is 18.7. The van der Waals surface area contributed by atoms with Crippen LogP contribution in [0.2, 0.25) is 0 Å². The van der Waals surface area contributed by atoms with E-state index in [-0.39, 0.29) is 5.91 Å². The number of ether oxygens (including phenoxy) is 2. The number of fused-ring (bicyclic) bond motifs is 1. The SMILES string of the molecule is N#CC(Cc1ccc2c(c1)OCCO2)C(=O)N1CCCCCC1. The van der Waals surface area contributed by atoms with Crippen molar-refractivity contribution in [3.63, 3.8) is 0 Å². The minimum Gasteiger partial charge on any atom is -0.486 e. The first-order valence-electron chi connectivity index (χ1n) is 8.35. The lowest BCUT2D eigenvalue weighted by atomic mass is 9.98. The lowest BCUT2D eigenvalue weighted by Gasteiger charge is -2.23. The maximum Gasteiger partial charge on any atom is 0.240 e. The highest BCUT2D eigenvalue weighted by atomic mass is 16.6. The largest absolute Gasteiger partial charge is 0.486 e. The molecule has 1 saturated heterocycles. The molecule has 1 aromatic carbocycles. The fraction of sp³-hybridized carbons (Fsp3) is 0.556. The Balaban J connectivity index is 1.69. The Morgan fingerprint density at radius 1 is 1.13 bits per heavy atom. The van der Waals surface area contributed by atoms with E-state index >= 15 is 0 Å². The van der Waals surface area contributed by atoms with Crippen molar-refractivity contribution in [1.82, 2.24) is 4.90 Å². The summed E-state index contributed by atoms with van der Waals surface area (Å²) in [6.45, 7) is 2.64. The second kappa shape index (κ2) is 7.36. The molecular formula is C18H22N2O3. The highest BCUT2D eigenvalue weighted by Gasteiger charge is 2.25. The summed E-state index contributed by atoms with van der Waals surface area (Å²) >= 11 is 0. The van der Waals surface area contributed by atoms with Crippen molar-refractivity contribution in [2.45, 2.75) is 32.1 Å². The molecule has 0 spiro atoms. The van der Waals surface area contributed by atoms with E-state index in [4.69, 9.17) is 9.47 Å². The predicted molar refractivity (Wildman–Crippen MR) is 85.3 cm³/mol. The molecule has 0 radical (unpaired) electrons. The quantitative estimate of drug-likeness (QED) is 0.860. The Labute approximate surface area is 136 Å². The van der Waals surface area contributed by atoms with Crippen LogP contribution in [0.15, 0.2) is 18.2 Å². The number of hydrogen-bond donors (Lipinski definition) is 0. The Morgan fingerprint density at radius 2 is 1.83 bits per heavy atom. The lowest BCUT2D eigenvalue weighted by Crippen LogP contribution is -2.37. The average molecular weight is 314 g/mol. The minimum atomic E-state index is -0.629. The Morgan fingerprint density at radius 3 is 2.52 bits per heavy atom. The summed E-state index contributed by atoms with van der Waals surface area (Å²) in [6, 6.07) is 7.83. The van der Waals surface area contributed by atoms with Gasteiger partial charge in [-0.05, 0) is 37.0 Å². The summed E-state index contributed by atoms with van der Waals surface area (Å²) in [5.74, 6) is 0.764. The first-order valence-corrected chi connectivity index (χ1v) is 8.35. The summed E-state index contributed by atoms with van der Waals surface area (Å²) in [5, 5.41) is 9.44. The van der Waals surface area contributed by atoms with E-state index in [0.29, 0.717) is 25.4 Å². The number of hydrogen-bond acceptors (Lipinski definition) is 4. The highest BCUT2D eigenvalue weighted by Crippen LogP contribution is 2.31. The van der Waals surface area contributed by atoms with E-state index in [9.17, 15) is 10.1 Å². The molecule has 5 nitrogen and oxygen atoms in total. The molecule has 1 amide bonds. The lowest BCUT2D eigenvalue weighted by molar-refractivity contribution is -0.133. The van der Waals surface area contributed by atoms with Crippen molar-refractivity contribution in [1.29, 1.82) is 5.26 Å². The van der Waals surface area contributed by atoms with Crippen LogP contribution >= 0.6 is 0 Å². The first kappa shape index (κ1) is 15.7. The summed E-state index contributed by atoms with van der Waals surface area (Å²) < 4.78 is 11.1. The van der Waals surface area contributed by atoms with Crippen molar-refractivity contribution >= 4 is 5.91 Å². The molecule has 0 aromatic heterocycles. The fourth-order valence-electron chi connectivity index (χ4n) is 3.15. The maximum absolute atomic E-state index is 12.6. The minimum absolute atomic E-state index is 0.0377. The maximum atomic E-state index is 12.6. The third kappa shape index (κ3) is 3.76. The van der Waals surface area contributed by atoms with E-state index in [1.165, 1.54) is 12.8 Å². The molecule has 1 atom stereocenters. The van der Waals surface area contributed by atoms with E-state index in [0.717, 1.165) is 37.2 Å². The van der Waals surface area contributed by atoms with Crippen LogP contribution < -0.4 is 9.47 Å². The standard InChI is InChI=1S/C18H22N2O3/c19-13-15(18(21)20-7-3-1-2-4-8-20)11-14-5-6-16-17(12-14)23-10-9-22-16/h5-6,12,15H,1-4,7-11H2. The van der Waals surface area contributed by atoms with Crippen LogP contribution in [0, 0.1) is 17.2 Å². The predicted octanol–water partition coefficient (Wildman–Crippen LogP) is 2.54. The van der Waals surface area contributed by atoms with Gasteiger partial charge in [-0.1, -0.05) is 18.9 Å². The summed E-state index contributed by atoms with van der Waals surface area (Å²) in [6.07, 6.45) is 4.83. The topological polar surface area (TPSA) is 62.6 Å². The number of carbonyl (C=O) groups is 1. The molecule has 0 aliphatic carbocycles. The van der Waals surface area contributed by atoms with Gasteiger partial charge in [0.05, 0.1) is 6.07 Å². The number of nitrogens with zero attached hydrogens (tertiary/aromatic N) is 2. The molecule has 0 bridgehead atoms. The highest BCUT2D eigenvalue weighted by molar-refractivity contribution is 5.81. The van der Waals surface area contributed by atoms with Crippen molar-refractivity contribution in [2.75, 3.05) is 26.3 Å². The Kier molecular flexibility index (Phi) is 5.02. The molecule has 1 fully saturated rings. The monoisotopic (exact) mass is 314 g/mol. The van der Waals surface area contributed by atoms with Crippen LogP contribution in [-0.2, 0) is 11.2 Å². The molecule has 2 aliphatic heterocycles. The second-order valence-electron chi connectivity index (χ2n) is 6.10. The van der Waals surface area contributed by atoms with Gasteiger partial charge in [0.2, 0.25) is 5.91 Å². The molecule has 1 aromatic rings. The van der Waals surface area contributed by atoms with Crippen molar-refractivity contribution in [2.24, 2.45) is 5.92 Å². The van der Waals surface area contributed by atoms with Crippen LogP contribution in [0.3, 0.4) is 0 Å². The zero-order chi connectivity index (χ0) is 16.1. The third-order valence-corrected chi connectivity index (χ3v) is 4.42. The van der Waals surface area contributed by atoms with E-state index in [1.54, 1.807) is 0 Å². The zero-order valence-electron chi connectivity index (χ0n) is 13.3. The van der Waals surface area contributed by atoms with Gasteiger partial charge >= 0.3 is 0 Å². The summed E-state index contributed by atoms with van der Waals surface area (Å²) in [4.78, 5) is 14.5. The van der Waals surface area contributed by atoms with Crippen LogP contribution in [-0.4, -0.2) is 37.1 Å². The molecule has 5 heteroatoms. The number of rotatable bonds is 3. The second-order valence-corrected chi connectivity index (χ2v) is 6.10. The molecule has 122 valence electrons. The van der Waals surface area contributed by atoms with Gasteiger partial charge in [-0.25, -0.2) is 0 Å². The molecule has 2 aliphatic rings.